The fourth-order valence-corrected chi connectivity index (χ4v) is 1.99. The summed E-state index contributed by atoms with van der Waals surface area (Å²) in [4.78, 5) is 21.6. The van der Waals surface area contributed by atoms with Crippen LogP contribution in [0.3, 0.4) is 0 Å². The van der Waals surface area contributed by atoms with Crippen LogP contribution in [0.2, 0.25) is 0 Å². The third-order valence-electron chi connectivity index (χ3n) is 3.20. The van der Waals surface area contributed by atoms with Gasteiger partial charge in [0.1, 0.15) is 0 Å². The van der Waals surface area contributed by atoms with E-state index in [1.54, 1.807) is 0 Å². The Labute approximate surface area is 191 Å². The van der Waals surface area contributed by atoms with Crippen LogP contribution in [0.1, 0.15) is 84.0 Å². The largest absolute Gasteiger partial charge is 1.00 e. The van der Waals surface area contributed by atoms with Crippen molar-refractivity contribution < 1.29 is 70.6 Å². The number of allylic oxidation sites excluding steroid dienone is 4. The van der Waals surface area contributed by atoms with Crippen LogP contribution in [-0.4, -0.2) is 14.7 Å². The Morgan fingerprint density at radius 2 is 1.21 bits per heavy atom. The van der Waals surface area contributed by atoms with E-state index in [0.717, 1.165) is 12.8 Å². The van der Waals surface area contributed by atoms with Crippen LogP contribution < -0.4 is 51.4 Å². The summed E-state index contributed by atoms with van der Waals surface area (Å²) in [7, 11) is -4.64. The molecule has 0 aromatic heterocycles. The van der Waals surface area contributed by atoms with Gasteiger partial charge in [-0.15, -0.1) is 0 Å². The molecule has 0 amide bonds. The Bertz CT molecular complexity index is 319. The van der Waals surface area contributed by atoms with E-state index >= 15 is 0 Å². The molecule has 4 nitrogen and oxygen atoms in total. The average Bonchev–Trinajstić information content (AvgIpc) is 2.46. The van der Waals surface area contributed by atoms with Gasteiger partial charge in [0.15, 0.2) is 0 Å². The van der Waals surface area contributed by atoms with Crippen molar-refractivity contribution in [2.75, 3.05) is 0 Å². The topological polar surface area (TPSA) is 77.8 Å². The molecule has 0 aromatic carbocycles. The minimum absolute atomic E-state index is 0. The van der Waals surface area contributed by atoms with Crippen molar-refractivity contribution in [3.8, 4) is 0 Å². The molecule has 0 radical (unpaired) electrons. The van der Waals surface area contributed by atoms with Gasteiger partial charge in [-0.1, -0.05) is 69.8 Å². The number of unbranched alkanes of at least 4 members (excludes halogenated alkanes) is 9. The molecule has 0 unspecified atom stereocenters. The molecule has 24 heavy (non-hydrogen) atoms. The quantitative estimate of drug-likeness (QED) is 0.150. The summed E-state index contributed by atoms with van der Waals surface area (Å²) in [5.74, 6) is 0. The maximum atomic E-state index is 8.88. The van der Waals surface area contributed by atoms with E-state index < -0.39 is 7.82 Å². The van der Waals surface area contributed by atoms with E-state index in [1.807, 2.05) is 0 Å². The van der Waals surface area contributed by atoms with Crippen molar-refractivity contribution in [3.05, 3.63) is 31.2 Å². The van der Waals surface area contributed by atoms with E-state index in [2.05, 4.69) is 38.2 Å². The van der Waals surface area contributed by atoms with Gasteiger partial charge in [-0.25, -0.2) is 4.57 Å². The fraction of sp³-hybridized carbons (Fsp3) is 0.722. The second-order valence-corrected chi connectivity index (χ2v) is 6.62. The molecule has 0 aliphatic carbocycles. The number of hydrogen-bond donors (Lipinski definition) is 3. The normalized spacial score (nSPS) is 11.4. The molecule has 0 rings (SSSR count). The van der Waals surface area contributed by atoms with E-state index in [-0.39, 0.29) is 51.4 Å². The van der Waals surface area contributed by atoms with Crippen molar-refractivity contribution in [2.45, 2.75) is 84.0 Å². The minimum atomic E-state index is -4.64. The van der Waals surface area contributed by atoms with Crippen molar-refractivity contribution in [3.63, 3.8) is 0 Å². The molecule has 0 spiro atoms. The van der Waals surface area contributed by atoms with Crippen molar-refractivity contribution in [2.24, 2.45) is 0 Å². The molecule has 0 aliphatic rings. The Balaban J connectivity index is -0.000000639. The Kier molecular flexibility index (Phi) is 30.3. The van der Waals surface area contributed by atoms with Crippen LogP contribution in [0.25, 0.3) is 0 Å². The zero-order chi connectivity index (χ0) is 17.8. The summed E-state index contributed by atoms with van der Waals surface area (Å²) in [5, 5.41) is 0. The zero-order valence-electron chi connectivity index (χ0n) is 15.7. The van der Waals surface area contributed by atoms with Crippen molar-refractivity contribution in [1.29, 1.82) is 0 Å². The first-order chi connectivity index (χ1) is 10.9. The van der Waals surface area contributed by atoms with Gasteiger partial charge in [0.2, 0.25) is 0 Å². The van der Waals surface area contributed by atoms with E-state index in [9.17, 15) is 0 Å². The van der Waals surface area contributed by atoms with Crippen molar-refractivity contribution >= 4 is 7.82 Å². The summed E-state index contributed by atoms with van der Waals surface area (Å²) in [6.07, 6.45) is 24.9. The fourth-order valence-electron chi connectivity index (χ4n) is 1.99. The van der Waals surface area contributed by atoms with E-state index in [4.69, 9.17) is 19.2 Å². The van der Waals surface area contributed by atoms with Gasteiger partial charge in [0.05, 0.1) is 0 Å². The molecule has 138 valence electrons. The molecule has 0 heterocycles. The molecule has 0 bridgehead atoms. The van der Waals surface area contributed by atoms with E-state index in [0.29, 0.717) is 0 Å². The standard InChI is InChI=1S/C18H33.K.H3O4P/c1-3-5-7-9-11-13-15-17-18-16-14-12-10-8-6-4-2;;1-5(2,3)4/h12,14,17-18H,1,3-11,13,15-16H2,2H3;;(H3,1,2,3,4)/q-1;+1;/b14-12-,18-17-;;. The summed E-state index contributed by atoms with van der Waals surface area (Å²) in [6.45, 7) is 6.12. The van der Waals surface area contributed by atoms with E-state index in [1.165, 1.54) is 64.2 Å². The van der Waals surface area contributed by atoms with Crippen LogP contribution in [0.15, 0.2) is 24.3 Å². The van der Waals surface area contributed by atoms with Gasteiger partial charge in [-0.05, 0) is 32.1 Å². The van der Waals surface area contributed by atoms with Gasteiger partial charge in [-0.3, -0.25) is 0 Å². The number of hydrogen-bond acceptors (Lipinski definition) is 1. The van der Waals surface area contributed by atoms with Gasteiger partial charge in [-0.2, -0.15) is 6.42 Å². The summed E-state index contributed by atoms with van der Waals surface area (Å²) >= 11 is 0. The molecular weight excluding hydrogens is 350 g/mol. The van der Waals surface area contributed by atoms with Crippen LogP contribution in [0.5, 0.6) is 0 Å². The molecule has 6 heteroatoms. The maximum absolute atomic E-state index is 8.88. The molecule has 0 atom stereocenters. The zero-order valence-corrected chi connectivity index (χ0v) is 19.7. The smallest absolute Gasteiger partial charge is 0.343 e. The Hall–Kier alpha value is 1.23. The monoisotopic (exact) mass is 386 g/mol. The molecule has 0 aliphatic heterocycles. The average molecular weight is 387 g/mol. The third kappa shape index (κ3) is 43.6. The first-order valence-electron chi connectivity index (χ1n) is 8.79. The summed E-state index contributed by atoms with van der Waals surface area (Å²) in [6, 6.07) is 0. The maximum Gasteiger partial charge on any atom is 1.00 e. The molecule has 0 saturated heterocycles. The van der Waals surface area contributed by atoms with Crippen LogP contribution in [0, 0.1) is 6.92 Å². The van der Waals surface area contributed by atoms with Gasteiger partial charge in [0.25, 0.3) is 0 Å². The summed E-state index contributed by atoms with van der Waals surface area (Å²) in [5.41, 5.74) is 0. The second kappa shape index (κ2) is 24.2. The van der Waals surface area contributed by atoms with Crippen molar-refractivity contribution in [1.82, 2.24) is 0 Å². The molecule has 0 saturated carbocycles. The van der Waals surface area contributed by atoms with Gasteiger partial charge in [0, 0.05) is 0 Å². The SMILES string of the molecule is O=P(O)(O)O.[CH2-]CCCCCCC/C=C\C/C=C\CCCCC.[K+]. The van der Waals surface area contributed by atoms with Gasteiger partial charge < -0.3 is 21.6 Å². The van der Waals surface area contributed by atoms with Crippen LogP contribution in [0.4, 0.5) is 0 Å². The minimum Gasteiger partial charge on any atom is -0.343 e. The molecule has 0 fully saturated rings. The van der Waals surface area contributed by atoms with Crippen LogP contribution in [-0.2, 0) is 4.57 Å². The molecule has 0 aromatic rings. The Morgan fingerprint density at radius 3 is 1.67 bits per heavy atom. The first kappa shape index (κ1) is 30.0. The molecule has 3 N–H and O–H groups in total. The number of phosphoric acid groups is 1. The summed E-state index contributed by atoms with van der Waals surface area (Å²) < 4.78 is 8.88. The predicted octanol–water partition coefficient (Wildman–Crippen LogP) is 2.71. The predicted molar refractivity (Wildman–Crippen MR) is 99.0 cm³/mol. The Morgan fingerprint density at radius 1 is 0.792 bits per heavy atom. The third-order valence-corrected chi connectivity index (χ3v) is 3.20. The molecular formula is C18H36KO4P. The van der Waals surface area contributed by atoms with Gasteiger partial charge >= 0.3 is 59.2 Å². The van der Waals surface area contributed by atoms with Crippen LogP contribution >= 0.6 is 7.82 Å². The first-order valence-corrected chi connectivity index (χ1v) is 10.4. The second-order valence-electron chi connectivity index (χ2n) is 5.60. The number of rotatable bonds is 13.